The summed E-state index contributed by atoms with van der Waals surface area (Å²) >= 11 is 5.69. The Hall–Kier alpha value is -1.77. The molecule has 0 spiro atoms. The second-order valence-corrected chi connectivity index (χ2v) is 8.25. The van der Waals surface area contributed by atoms with Crippen molar-refractivity contribution in [1.82, 2.24) is 14.3 Å². The highest BCUT2D eigenvalue weighted by Crippen LogP contribution is 2.26. The lowest BCUT2D eigenvalue weighted by Crippen LogP contribution is -2.31. The predicted molar refractivity (Wildman–Crippen MR) is 90.7 cm³/mol. The van der Waals surface area contributed by atoms with E-state index in [4.69, 9.17) is 16.3 Å². The zero-order valence-electron chi connectivity index (χ0n) is 13.7. The molecule has 0 amide bonds. The monoisotopic (exact) mass is 385 g/mol. The molecule has 9 heteroatoms. The Morgan fingerprint density at radius 3 is 2.56 bits per heavy atom. The van der Waals surface area contributed by atoms with Crippen LogP contribution in [0.2, 0.25) is 5.02 Å². The summed E-state index contributed by atoms with van der Waals surface area (Å²) in [7, 11) is -3.76. The van der Waals surface area contributed by atoms with Crippen molar-refractivity contribution in [2.24, 2.45) is 0 Å². The Morgan fingerprint density at radius 1 is 1.24 bits per heavy atom. The summed E-state index contributed by atoms with van der Waals surface area (Å²) in [5.41, 5.74) is 1.57. The zero-order chi connectivity index (χ0) is 18.2. The van der Waals surface area contributed by atoms with Crippen LogP contribution < -0.4 is 4.74 Å². The van der Waals surface area contributed by atoms with Crippen molar-refractivity contribution < 1.29 is 17.5 Å². The molecule has 25 heavy (non-hydrogen) atoms. The Labute approximate surface area is 150 Å². The summed E-state index contributed by atoms with van der Waals surface area (Å²) in [6.07, 6.45) is 0.178. The summed E-state index contributed by atoms with van der Waals surface area (Å²) in [5, 5.41) is -0.225. The number of nitrogens with zero attached hydrogens (tertiary/aromatic N) is 3. The molecule has 0 radical (unpaired) electrons. The van der Waals surface area contributed by atoms with Crippen LogP contribution in [-0.4, -0.2) is 41.9 Å². The summed E-state index contributed by atoms with van der Waals surface area (Å²) in [4.78, 5) is 8.37. The van der Waals surface area contributed by atoms with Gasteiger partial charge < -0.3 is 4.74 Å². The van der Waals surface area contributed by atoms with Crippen molar-refractivity contribution in [3.63, 3.8) is 0 Å². The Morgan fingerprint density at radius 2 is 1.92 bits per heavy atom. The molecule has 1 fully saturated rings. The van der Waals surface area contributed by atoms with Gasteiger partial charge in [-0.1, -0.05) is 11.6 Å². The van der Waals surface area contributed by atoms with Gasteiger partial charge in [-0.15, -0.1) is 0 Å². The first-order chi connectivity index (χ1) is 11.8. The molecule has 134 valence electrons. The third kappa shape index (κ3) is 3.91. The van der Waals surface area contributed by atoms with Crippen molar-refractivity contribution in [2.45, 2.75) is 31.3 Å². The van der Waals surface area contributed by atoms with Crippen LogP contribution in [0.3, 0.4) is 0 Å². The number of halogens is 2. The number of aromatic nitrogens is 2. The van der Waals surface area contributed by atoms with Crippen LogP contribution >= 0.6 is 11.6 Å². The van der Waals surface area contributed by atoms with E-state index in [9.17, 15) is 12.8 Å². The zero-order valence-corrected chi connectivity index (χ0v) is 15.3. The minimum Gasteiger partial charge on any atom is -0.459 e. The Bertz CT molecular complexity index is 887. The number of rotatable bonds is 4. The van der Waals surface area contributed by atoms with E-state index in [-0.39, 0.29) is 28.6 Å². The molecule has 3 rings (SSSR count). The SMILES string of the molecule is Cc1cc(C)nc(O[C@H]2CCN(S(=O)(=O)c3ccc(F)c(Cl)c3)C2)n1. The van der Waals surface area contributed by atoms with Crippen molar-refractivity contribution in [2.75, 3.05) is 13.1 Å². The van der Waals surface area contributed by atoms with Gasteiger partial charge in [0.15, 0.2) is 0 Å². The van der Waals surface area contributed by atoms with Crippen LogP contribution in [0, 0.1) is 19.7 Å². The number of benzene rings is 1. The first-order valence-electron chi connectivity index (χ1n) is 7.70. The summed E-state index contributed by atoms with van der Waals surface area (Å²) < 4.78 is 45.6. The molecule has 0 unspecified atom stereocenters. The Balaban J connectivity index is 1.74. The lowest BCUT2D eigenvalue weighted by molar-refractivity contribution is 0.197. The van der Waals surface area contributed by atoms with Crippen molar-refractivity contribution in [1.29, 1.82) is 0 Å². The number of hydrogen-bond acceptors (Lipinski definition) is 5. The number of hydrogen-bond donors (Lipinski definition) is 0. The highest BCUT2D eigenvalue weighted by molar-refractivity contribution is 7.89. The quantitative estimate of drug-likeness (QED) is 0.809. The summed E-state index contributed by atoms with van der Waals surface area (Å²) in [5.74, 6) is -0.657. The summed E-state index contributed by atoms with van der Waals surface area (Å²) in [6.45, 7) is 4.15. The van der Waals surface area contributed by atoms with Gasteiger partial charge in [-0.3, -0.25) is 0 Å². The first kappa shape index (κ1) is 18.0. The minimum absolute atomic E-state index is 0.0396. The Kier molecular flexibility index (Phi) is 4.95. The lowest BCUT2D eigenvalue weighted by Gasteiger charge is -2.17. The van der Waals surface area contributed by atoms with Crippen LogP contribution in [-0.2, 0) is 10.0 Å². The number of sulfonamides is 1. The molecule has 6 nitrogen and oxygen atoms in total. The van der Waals surface area contributed by atoms with Gasteiger partial charge in [0, 0.05) is 17.9 Å². The van der Waals surface area contributed by atoms with E-state index in [1.807, 2.05) is 19.9 Å². The van der Waals surface area contributed by atoms with E-state index in [0.717, 1.165) is 23.5 Å². The van der Waals surface area contributed by atoms with E-state index in [1.165, 1.54) is 10.4 Å². The normalized spacial score (nSPS) is 18.5. The maximum Gasteiger partial charge on any atom is 0.317 e. The van der Waals surface area contributed by atoms with Crippen molar-refractivity contribution in [3.05, 3.63) is 46.5 Å². The highest BCUT2D eigenvalue weighted by atomic mass is 35.5. The topological polar surface area (TPSA) is 72.4 Å². The predicted octanol–water partition coefficient (Wildman–Crippen LogP) is 2.73. The van der Waals surface area contributed by atoms with Crippen LogP contribution in [0.15, 0.2) is 29.2 Å². The molecule has 0 bridgehead atoms. The van der Waals surface area contributed by atoms with Gasteiger partial charge in [-0.25, -0.2) is 22.8 Å². The van der Waals surface area contributed by atoms with Gasteiger partial charge in [-0.2, -0.15) is 4.31 Å². The molecule has 1 aliphatic rings. The lowest BCUT2D eigenvalue weighted by atomic mass is 10.3. The maximum absolute atomic E-state index is 13.3. The van der Waals surface area contributed by atoms with Gasteiger partial charge in [0.25, 0.3) is 0 Å². The fourth-order valence-electron chi connectivity index (χ4n) is 2.69. The van der Waals surface area contributed by atoms with E-state index in [0.29, 0.717) is 13.0 Å². The van der Waals surface area contributed by atoms with E-state index in [1.54, 1.807) is 0 Å². The minimum atomic E-state index is -3.76. The van der Waals surface area contributed by atoms with Gasteiger partial charge in [0.05, 0.1) is 16.5 Å². The molecule has 1 aliphatic heterocycles. The van der Waals surface area contributed by atoms with Crippen LogP contribution in [0.5, 0.6) is 6.01 Å². The molecule has 1 atom stereocenters. The van der Waals surface area contributed by atoms with Crippen molar-refractivity contribution >= 4 is 21.6 Å². The fraction of sp³-hybridized carbons (Fsp3) is 0.375. The third-order valence-corrected chi connectivity index (χ3v) is 6.02. The second kappa shape index (κ2) is 6.86. The second-order valence-electron chi connectivity index (χ2n) is 5.90. The molecule has 0 aliphatic carbocycles. The van der Waals surface area contributed by atoms with Gasteiger partial charge in [-0.05, 0) is 44.5 Å². The molecular formula is C16H17ClFN3O3S. The van der Waals surface area contributed by atoms with E-state index >= 15 is 0 Å². The molecule has 1 aromatic carbocycles. The molecule has 0 N–H and O–H groups in total. The molecular weight excluding hydrogens is 369 g/mol. The number of ether oxygens (including phenoxy) is 1. The third-order valence-electron chi connectivity index (χ3n) is 3.87. The van der Waals surface area contributed by atoms with Crippen molar-refractivity contribution in [3.8, 4) is 6.01 Å². The highest BCUT2D eigenvalue weighted by Gasteiger charge is 2.34. The molecule has 1 saturated heterocycles. The van der Waals surface area contributed by atoms with E-state index in [2.05, 4.69) is 9.97 Å². The maximum atomic E-state index is 13.3. The smallest absolute Gasteiger partial charge is 0.317 e. The average molecular weight is 386 g/mol. The number of aryl methyl sites for hydroxylation is 2. The molecule has 2 aromatic rings. The van der Waals surface area contributed by atoms with E-state index < -0.39 is 15.8 Å². The van der Waals surface area contributed by atoms with Crippen LogP contribution in [0.1, 0.15) is 17.8 Å². The average Bonchev–Trinajstić information content (AvgIpc) is 2.98. The standard InChI is InChI=1S/C16H17ClFN3O3S/c1-10-7-11(2)20-16(19-10)24-12-5-6-21(9-12)25(22,23)13-3-4-15(18)14(17)8-13/h3-4,7-8,12H,5-6,9H2,1-2H3/t12-/m0/s1. The van der Waals surface area contributed by atoms with Gasteiger partial charge in [0.1, 0.15) is 11.9 Å². The molecule has 1 aromatic heterocycles. The fourth-order valence-corrected chi connectivity index (χ4v) is 4.45. The summed E-state index contributed by atoms with van der Waals surface area (Å²) in [6, 6.07) is 5.44. The molecule has 2 heterocycles. The first-order valence-corrected chi connectivity index (χ1v) is 9.51. The van der Waals surface area contributed by atoms with Crippen LogP contribution in [0.4, 0.5) is 4.39 Å². The van der Waals surface area contributed by atoms with Crippen LogP contribution in [0.25, 0.3) is 0 Å². The molecule has 0 saturated carbocycles. The van der Waals surface area contributed by atoms with Gasteiger partial charge >= 0.3 is 6.01 Å². The van der Waals surface area contributed by atoms with Gasteiger partial charge in [0.2, 0.25) is 10.0 Å². The largest absolute Gasteiger partial charge is 0.459 e.